The molecule has 0 aromatic carbocycles. The molecule has 0 spiro atoms. The van der Waals surface area contributed by atoms with E-state index in [0.717, 1.165) is 24.5 Å². The molecule has 2 aliphatic carbocycles. The first-order chi connectivity index (χ1) is 5.89. The van der Waals surface area contributed by atoms with Gasteiger partial charge in [0, 0.05) is 0 Å². The van der Waals surface area contributed by atoms with E-state index in [1.54, 1.807) is 0 Å². The Labute approximate surface area is 79.0 Å². The molecular weight excluding hydrogens is 164 g/mol. The Morgan fingerprint density at radius 3 is 2.54 bits per heavy atom. The Kier molecular flexibility index (Phi) is 1.57. The molecule has 0 aromatic heterocycles. The molecule has 0 bridgehead atoms. The number of oxime groups is 1. The van der Waals surface area contributed by atoms with Gasteiger partial charge in [0.1, 0.15) is 0 Å². The van der Waals surface area contributed by atoms with Crippen LogP contribution in [0, 0.1) is 17.3 Å². The van der Waals surface area contributed by atoms with Crippen molar-refractivity contribution in [2.45, 2.75) is 39.2 Å². The molecule has 74 valence electrons. The third-order valence-corrected chi connectivity index (χ3v) is 4.13. The second kappa shape index (κ2) is 2.27. The summed E-state index contributed by atoms with van der Waals surface area (Å²) in [5, 5.41) is 12.2. The quantitative estimate of drug-likeness (QED) is 0.441. The summed E-state index contributed by atoms with van der Waals surface area (Å²) in [6.45, 7) is 6.52. The van der Waals surface area contributed by atoms with Gasteiger partial charge in [-0.2, -0.15) is 0 Å². The molecule has 3 unspecified atom stereocenters. The minimum Gasteiger partial charge on any atom is -0.411 e. The lowest BCUT2D eigenvalue weighted by Crippen LogP contribution is -2.47. The zero-order valence-corrected chi connectivity index (χ0v) is 8.54. The molecule has 0 amide bonds. The molecule has 2 aliphatic rings. The van der Waals surface area contributed by atoms with Crippen molar-refractivity contribution in [2.75, 3.05) is 0 Å². The molecule has 0 aliphatic heterocycles. The van der Waals surface area contributed by atoms with Crippen LogP contribution in [-0.2, 0) is 0 Å². The average Bonchev–Trinajstić information content (AvgIpc) is 2.50. The lowest BCUT2D eigenvalue weighted by Gasteiger charge is -2.29. The molecule has 2 fully saturated rings. The van der Waals surface area contributed by atoms with Gasteiger partial charge in [-0.3, -0.25) is 0 Å². The minimum atomic E-state index is -0.385. The number of nitrogens with two attached hydrogens (primary N) is 1. The van der Waals surface area contributed by atoms with Gasteiger partial charge >= 0.3 is 0 Å². The van der Waals surface area contributed by atoms with Crippen molar-refractivity contribution >= 4 is 5.71 Å². The summed E-state index contributed by atoms with van der Waals surface area (Å²) in [6.07, 6.45) is 1.84. The molecule has 2 rings (SSSR count). The maximum Gasteiger partial charge on any atom is 0.0769 e. The van der Waals surface area contributed by atoms with Crippen LogP contribution in [0.2, 0.25) is 0 Å². The first kappa shape index (κ1) is 9.00. The number of rotatable bonds is 0. The molecule has 3 atom stereocenters. The topological polar surface area (TPSA) is 58.6 Å². The summed E-state index contributed by atoms with van der Waals surface area (Å²) in [7, 11) is 0. The van der Waals surface area contributed by atoms with Crippen LogP contribution in [0.3, 0.4) is 0 Å². The highest BCUT2D eigenvalue weighted by molar-refractivity contribution is 5.94. The number of nitrogens with zero attached hydrogens (tertiary/aromatic N) is 1. The average molecular weight is 182 g/mol. The zero-order valence-electron chi connectivity index (χ0n) is 8.54. The summed E-state index contributed by atoms with van der Waals surface area (Å²) >= 11 is 0. The molecule has 0 saturated heterocycles. The van der Waals surface area contributed by atoms with E-state index < -0.39 is 0 Å². The van der Waals surface area contributed by atoms with Gasteiger partial charge in [0.2, 0.25) is 0 Å². The molecule has 3 N–H and O–H groups in total. The monoisotopic (exact) mass is 182 g/mol. The fraction of sp³-hybridized carbons (Fsp3) is 0.900. The standard InChI is InChI=1S/C10H18N2O/c1-9(2)6-4-8(12-13)10(3,11)5-7(6)9/h6-7,13H,4-5,11H2,1-3H3/b12-8-. The predicted octanol–water partition coefficient (Wildman–Crippen LogP) is 1.60. The van der Waals surface area contributed by atoms with Crippen molar-refractivity contribution in [3.63, 3.8) is 0 Å². The van der Waals surface area contributed by atoms with Crippen molar-refractivity contribution in [3.8, 4) is 0 Å². The summed E-state index contributed by atoms with van der Waals surface area (Å²) < 4.78 is 0. The second-order valence-corrected chi connectivity index (χ2v) is 5.41. The normalized spacial score (nSPS) is 50.3. The molecule has 0 heterocycles. The lowest BCUT2D eigenvalue weighted by atomic mass is 9.82. The Balaban J connectivity index is 2.22. The molecule has 3 heteroatoms. The molecule has 0 radical (unpaired) electrons. The van der Waals surface area contributed by atoms with E-state index in [2.05, 4.69) is 19.0 Å². The molecule has 13 heavy (non-hydrogen) atoms. The van der Waals surface area contributed by atoms with E-state index in [0.29, 0.717) is 11.3 Å². The zero-order chi connectivity index (χ0) is 9.85. The van der Waals surface area contributed by atoms with Gasteiger partial charge in [-0.05, 0) is 37.0 Å². The Bertz CT molecular complexity index is 268. The maximum atomic E-state index is 8.84. The molecule has 3 nitrogen and oxygen atoms in total. The molecular formula is C10H18N2O. The van der Waals surface area contributed by atoms with Crippen LogP contribution >= 0.6 is 0 Å². The van der Waals surface area contributed by atoms with E-state index in [9.17, 15) is 0 Å². The van der Waals surface area contributed by atoms with Crippen LogP contribution in [-0.4, -0.2) is 16.5 Å². The third kappa shape index (κ3) is 1.10. The summed E-state index contributed by atoms with van der Waals surface area (Å²) in [5.74, 6) is 1.42. The van der Waals surface area contributed by atoms with Gasteiger partial charge < -0.3 is 10.9 Å². The van der Waals surface area contributed by atoms with Gasteiger partial charge in [-0.1, -0.05) is 19.0 Å². The van der Waals surface area contributed by atoms with Crippen molar-refractivity contribution in [1.82, 2.24) is 0 Å². The minimum absolute atomic E-state index is 0.385. The molecule has 2 saturated carbocycles. The van der Waals surface area contributed by atoms with Crippen molar-refractivity contribution in [1.29, 1.82) is 0 Å². The van der Waals surface area contributed by atoms with E-state index >= 15 is 0 Å². The van der Waals surface area contributed by atoms with Crippen LogP contribution in [0.1, 0.15) is 33.6 Å². The predicted molar refractivity (Wildman–Crippen MR) is 51.8 cm³/mol. The second-order valence-electron chi connectivity index (χ2n) is 5.41. The summed E-state index contributed by atoms with van der Waals surface area (Å²) in [4.78, 5) is 0. The smallest absolute Gasteiger partial charge is 0.0769 e. The van der Waals surface area contributed by atoms with E-state index in [1.807, 2.05) is 6.92 Å². The van der Waals surface area contributed by atoms with Crippen LogP contribution in [0.5, 0.6) is 0 Å². The highest BCUT2D eigenvalue weighted by Crippen LogP contribution is 2.65. The highest BCUT2D eigenvalue weighted by atomic mass is 16.4. The van der Waals surface area contributed by atoms with Crippen LogP contribution in [0.15, 0.2) is 5.16 Å². The van der Waals surface area contributed by atoms with Crippen molar-refractivity contribution in [3.05, 3.63) is 0 Å². The first-order valence-corrected chi connectivity index (χ1v) is 4.90. The Morgan fingerprint density at radius 1 is 1.38 bits per heavy atom. The van der Waals surface area contributed by atoms with Crippen molar-refractivity contribution < 1.29 is 5.21 Å². The Morgan fingerprint density at radius 2 is 2.00 bits per heavy atom. The third-order valence-electron chi connectivity index (χ3n) is 4.13. The van der Waals surface area contributed by atoms with Gasteiger partial charge in [0.15, 0.2) is 0 Å². The number of hydrogen-bond acceptors (Lipinski definition) is 3. The van der Waals surface area contributed by atoms with Gasteiger partial charge in [0.05, 0.1) is 11.3 Å². The van der Waals surface area contributed by atoms with Crippen molar-refractivity contribution in [2.24, 2.45) is 28.1 Å². The fourth-order valence-electron chi connectivity index (χ4n) is 2.84. The van der Waals surface area contributed by atoms with E-state index in [-0.39, 0.29) is 5.54 Å². The Hall–Kier alpha value is -0.570. The van der Waals surface area contributed by atoms with Gasteiger partial charge in [0.25, 0.3) is 0 Å². The van der Waals surface area contributed by atoms with E-state index in [4.69, 9.17) is 10.9 Å². The maximum absolute atomic E-state index is 8.84. The largest absolute Gasteiger partial charge is 0.411 e. The van der Waals surface area contributed by atoms with Crippen LogP contribution in [0.4, 0.5) is 0 Å². The lowest BCUT2D eigenvalue weighted by molar-refractivity contribution is 0.305. The SMILES string of the molecule is CC1(N)CC2C(C/C1=N/O)C2(C)C. The van der Waals surface area contributed by atoms with Gasteiger partial charge in [-0.15, -0.1) is 0 Å². The van der Waals surface area contributed by atoms with E-state index in [1.165, 1.54) is 0 Å². The summed E-state index contributed by atoms with van der Waals surface area (Å²) in [6, 6.07) is 0. The highest BCUT2D eigenvalue weighted by Gasteiger charge is 2.62. The fourth-order valence-corrected chi connectivity index (χ4v) is 2.84. The number of fused-ring (bicyclic) bond motifs is 1. The van der Waals surface area contributed by atoms with Crippen LogP contribution < -0.4 is 5.73 Å². The van der Waals surface area contributed by atoms with Gasteiger partial charge in [-0.25, -0.2) is 0 Å². The molecule has 0 aromatic rings. The number of hydrogen-bond donors (Lipinski definition) is 2. The first-order valence-electron chi connectivity index (χ1n) is 4.90. The van der Waals surface area contributed by atoms with Crippen LogP contribution in [0.25, 0.3) is 0 Å². The summed E-state index contributed by atoms with van der Waals surface area (Å²) in [5.41, 5.74) is 6.88.